The number of nitrogens with one attached hydrogen (secondary N) is 2. The first-order valence-electron chi connectivity index (χ1n) is 9.09. The molecule has 0 aromatic carbocycles. The monoisotopic (exact) mass is 400 g/mol. The van der Waals surface area contributed by atoms with Gasteiger partial charge in [-0.2, -0.15) is 11.3 Å². The first-order valence-corrected chi connectivity index (χ1v) is 10.0. The molecule has 2 aromatic heterocycles. The Morgan fingerprint density at radius 1 is 1.36 bits per heavy atom. The lowest BCUT2D eigenvalue weighted by atomic mass is 10.0. The van der Waals surface area contributed by atoms with Crippen molar-refractivity contribution in [2.75, 3.05) is 0 Å². The van der Waals surface area contributed by atoms with E-state index < -0.39 is 29.4 Å². The number of amides is 4. The number of aryl methyl sites for hydroxylation is 1. The van der Waals surface area contributed by atoms with Crippen LogP contribution in [0.2, 0.25) is 0 Å². The smallest absolute Gasteiger partial charge is 0.325 e. The van der Waals surface area contributed by atoms with Crippen LogP contribution in [-0.4, -0.2) is 39.3 Å². The molecule has 148 valence electrons. The Morgan fingerprint density at radius 3 is 2.68 bits per heavy atom. The summed E-state index contributed by atoms with van der Waals surface area (Å²) in [6, 6.07) is 3.95. The number of carbonyl (C=O) groups excluding carboxylic acids is 3. The van der Waals surface area contributed by atoms with Gasteiger partial charge in [0.05, 0.1) is 11.7 Å². The largest absolute Gasteiger partial charge is 0.346 e. The topological polar surface area (TPSA) is 91.4 Å². The molecule has 1 aliphatic heterocycles. The molecule has 0 spiro atoms. The highest BCUT2D eigenvalue weighted by Crippen LogP contribution is 2.23. The maximum absolute atomic E-state index is 12.9. The van der Waals surface area contributed by atoms with E-state index in [2.05, 4.69) is 15.6 Å². The maximum atomic E-state index is 12.9. The third-order valence-electron chi connectivity index (χ3n) is 4.87. The lowest BCUT2D eigenvalue weighted by Crippen LogP contribution is -2.50. The van der Waals surface area contributed by atoms with Gasteiger partial charge in [0.1, 0.15) is 11.6 Å². The van der Waals surface area contributed by atoms with Crippen LogP contribution in [0.25, 0.3) is 0 Å². The molecule has 8 heteroatoms. The number of thiophene rings is 1. The van der Waals surface area contributed by atoms with Crippen molar-refractivity contribution in [2.24, 2.45) is 0 Å². The van der Waals surface area contributed by atoms with E-state index in [1.54, 1.807) is 38.3 Å². The Bertz CT molecular complexity index is 895. The van der Waals surface area contributed by atoms with E-state index in [1.165, 1.54) is 0 Å². The molecule has 0 radical (unpaired) electrons. The Morgan fingerprint density at radius 2 is 2.11 bits per heavy atom. The van der Waals surface area contributed by atoms with E-state index in [0.29, 0.717) is 6.42 Å². The zero-order valence-corrected chi connectivity index (χ0v) is 17.2. The minimum atomic E-state index is -1.01. The second-order valence-corrected chi connectivity index (χ2v) is 8.29. The minimum absolute atomic E-state index is 0.362. The van der Waals surface area contributed by atoms with Crippen LogP contribution in [0.5, 0.6) is 0 Å². The first kappa shape index (κ1) is 20.0. The van der Waals surface area contributed by atoms with Crippen molar-refractivity contribution in [1.82, 2.24) is 20.5 Å². The highest BCUT2D eigenvalue weighted by Gasteiger charge is 2.48. The van der Waals surface area contributed by atoms with Crippen molar-refractivity contribution in [3.05, 3.63) is 52.0 Å². The fraction of sp³-hybridized carbons (Fsp3) is 0.400. The number of hydrogen-bond donors (Lipinski definition) is 2. The van der Waals surface area contributed by atoms with Crippen LogP contribution >= 0.6 is 11.3 Å². The SMILES string of the molecule is Cc1cccnc1[C@@H](Cc1ccsc1)NC(=O)[C@H](C)N1C(=O)NC(C)(C)C1=O. The van der Waals surface area contributed by atoms with Crippen molar-refractivity contribution in [2.45, 2.75) is 51.7 Å². The standard InChI is InChI=1S/C20H24N4O3S/c1-12-6-5-8-21-16(12)15(10-14-7-9-28-11-14)22-17(25)13(2)24-18(26)20(3,4)23-19(24)27/h5-9,11,13,15H,10H2,1-4H3,(H,22,25)(H,23,27)/t13-,15+/m0/s1. The van der Waals surface area contributed by atoms with Crippen molar-refractivity contribution in [1.29, 1.82) is 0 Å². The van der Waals surface area contributed by atoms with Crippen molar-refractivity contribution in [3.63, 3.8) is 0 Å². The molecule has 1 saturated heterocycles. The number of hydrogen-bond acceptors (Lipinski definition) is 5. The number of urea groups is 1. The Kier molecular flexibility index (Phi) is 5.51. The Balaban J connectivity index is 1.82. The predicted octanol–water partition coefficient (Wildman–Crippen LogP) is 2.57. The summed E-state index contributed by atoms with van der Waals surface area (Å²) < 4.78 is 0. The van der Waals surface area contributed by atoms with Crippen LogP contribution in [0.4, 0.5) is 4.79 Å². The summed E-state index contributed by atoms with van der Waals surface area (Å²) in [6.07, 6.45) is 2.27. The zero-order chi connectivity index (χ0) is 20.5. The molecule has 3 heterocycles. The van der Waals surface area contributed by atoms with E-state index in [4.69, 9.17) is 0 Å². The molecule has 2 aromatic rings. The summed E-state index contributed by atoms with van der Waals surface area (Å²) in [7, 11) is 0. The summed E-state index contributed by atoms with van der Waals surface area (Å²) in [5, 5.41) is 9.60. The van der Waals surface area contributed by atoms with Gasteiger partial charge in [-0.15, -0.1) is 0 Å². The summed E-state index contributed by atoms with van der Waals surface area (Å²) in [4.78, 5) is 43.1. The van der Waals surface area contributed by atoms with E-state index >= 15 is 0 Å². The Hall–Kier alpha value is -2.74. The molecule has 1 aliphatic rings. The summed E-state index contributed by atoms with van der Waals surface area (Å²) in [5.41, 5.74) is 1.81. The molecule has 0 aliphatic carbocycles. The summed E-state index contributed by atoms with van der Waals surface area (Å²) in [6.45, 7) is 6.74. The average Bonchev–Trinajstić information content (AvgIpc) is 3.20. The van der Waals surface area contributed by atoms with Crippen LogP contribution in [0.3, 0.4) is 0 Å². The number of imide groups is 1. The van der Waals surface area contributed by atoms with Gasteiger partial charge in [0.25, 0.3) is 5.91 Å². The summed E-state index contributed by atoms with van der Waals surface area (Å²) >= 11 is 1.59. The normalized spacial score (nSPS) is 17.9. The van der Waals surface area contributed by atoms with Crippen LogP contribution in [0, 0.1) is 6.92 Å². The fourth-order valence-corrected chi connectivity index (χ4v) is 3.94. The minimum Gasteiger partial charge on any atom is -0.346 e. The number of nitrogens with zero attached hydrogens (tertiary/aromatic N) is 2. The molecular weight excluding hydrogens is 376 g/mol. The molecule has 1 fully saturated rings. The van der Waals surface area contributed by atoms with E-state index in [0.717, 1.165) is 21.7 Å². The highest BCUT2D eigenvalue weighted by atomic mass is 32.1. The lowest BCUT2D eigenvalue weighted by Gasteiger charge is -2.25. The van der Waals surface area contributed by atoms with Crippen LogP contribution in [0.15, 0.2) is 35.2 Å². The van der Waals surface area contributed by atoms with Gasteiger partial charge in [-0.25, -0.2) is 9.69 Å². The molecule has 4 amide bonds. The molecule has 7 nitrogen and oxygen atoms in total. The number of aromatic nitrogens is 1. The molecule has 0 bridgehead atoms. The Labute approximate surface area is 168 Å². The van der Waals surface area contributed by atoms with E-state index in [-0.39, 0.29) is 6.04 Å². The second-order valence-electron chi connectivity index (χ2n) is 7.51. The van der Waals surface area contributed by atoms with Gasteiger partial charge in [0.15, 0.2) is 0 Å². The van der Waals surface area contributed by atoms with E-state index in [1.807, 2.05) is 35.9 Å². The van der Waals surface area contributed by atoms with Gasteiger partial charge in [0, 0.05) is 6.20 Å². The molecule has 28 heavy (non-hydrogen) atoms. The number of pyridine rings is 1. The molecular formula is C20H24N4O3S. The first-order chi connectivity index (χ1) is 13.2. The molecule has 2 N–H and O–H groups in total. The van der Waals surface area contributed by atoms with Gasteiger partial charge in [-0.05, 0) is 68.1 Å². The molecule has 0 unspecified atom stereocenters. The third-order valence-corrected chi connectivity index (χ3v) is 5.61. The number of rotatable bonds is 6. The van der Waals surface area contributed by atoms with Crippen molar-refractivity contribution < 1.29 is 14.4 Å². The lowest BCUT2D eigenvalue weighted by molar-refractivity contribution is -0.137. The van der Waals surface area contributed by atoms with Crippen molar-refractivity contribution >= 4 is 29.2 Å². The van der Waals surface area contributed by atoms with Crippen molar-refractivity contribution in [3.8, 4) is 0 Å². The second kappa shape index (κ2) is 7.71. The average molecular weight is 401 g/mol. The van der Waals surface area contributed by atoms with E-state index in [9.17, 15) is 14.4 Å². The number of carbonyl (C=O) groups is 3. The van der Waals surface area contributed by atoms with Gasteiger partial charge >= 0.3 is 6.03 Å². The molecule has 0 saturated carbocycles. The van der Waals surface area contributed by atoms with Crippen LogP contribution < -0.4 is 10.6 Å². The summed E-state index contributed by atoms with van der Waals surface area (Å²) in [5.74, 6) is -0.810. The molecule has 3 rings (SSSR count). The van der Waals surface area contributed by atoms with Gasteiger partial charge in [-0.1, -0.05) is 6.07 Å². The fourth-order valence-electron chi connectivity index (χ4n) is 3.26. The van der Waals surface area contributed by atoms with Gasteiger partial charge < -0.3 is 10.6 Å². The van der Waals surface area contributed by atoms with Crippen LogP contribution in [0.1, 0.15) is 43.6 Å². The quantitative estimate of drug-likeness (QED) is 0.729. The van der Waals surface area contributed by atoms with Crippen LogP contribution in [-0.2, 0) is 16.0 Å². The van der Waals surface area contributed by atoms with Gasteiger partial charge in [-0.3, -0.25) is 14.6 Å². The molecule has 2 atom stereocenters. The predicted molar refractivity (Wildman–Crippen MR) is 107 cm³/mol. The van der Waals surface area contributed by atoms with Gasteiger partial charge in [0.2, 0.25) is 5.91 Å². The maximum Gasteiger partial charge on any atom is 0.325 e. The third kappa shape index (κ3) is 3.91. The zero-order valence-electron chi connectivity index (χ0n) is 16.4. The highest BCUT2D eigenvalue weighted by molar-refractivity contribution is 7.07.